The Morgan fingerprint density at radius 1 is 1.26 bits per heavy atom. The summed E-state index contributed by atoms with van der Waals surface area (Å²) < 4.78 is 14.9. The van der Waals surface area contributed by atoms with Crippen LogP contribution >= 0.6 is 0 Å². The average molecular weight is 276 g/mol. The summed E-state index contributed by atoms with van der Waals surface area (Å²) in [5, 5.41) is 18.3. The predicted molar refractivity (Wildman–Crippen MR) is 59.3 cm³/mol. The summed E-state index contributed by atoms with van der Waals surface area (Å²) in [7, 11) is 0. The van der Waals surface area contributed by atoms with Gasteiger partial charge < -0.3 is 24.4 Å². The van der Waals surface area contributed by atoms with E-state index in [1.807, 2.05) is 0 Å². The Hall–Kier alpha value is -1.67. The van der Waals surface area contributed by atoms with Gasteiger partial charge in [0.2, 0.25) is 5.60 Å². The van der Waals surface area contributed by atoms with E-state index in [9.17, 15) is 19.5 Å². The lowest BCUT2D eigenvalue weighted by atomic mass is 9.93. The lowest BCUT2D eigenvalue weighted by Crippen LogP contribution is -2.53. The van der Waals surface area contributed by atoms with Gasteiger partial charge in [-0.05, 0) is 20.8 Å². The molecule has 0 radical (unpaired) electrons. The van der Waals surface area contributed by atoms with E-state index in [1.165, 1.54) is 13.8 Å². The molecule has 1 saturated heterocycles. The molecule has 2 atom stereocenters. The van der Waals surface area contributed by atoms with E-state index in [-0.39, 0.29) is 6.61 Å². The number of hydrogen-bond acceptors (Lipinski definition) is 6. The highest BCUT2D eigenvalue weighted by molar-refractivity contribution is 5.92. The molecule has 1 heterocycles. The van der Waals surface area contributed by atoms with Crippen LogP contribution in [-0.4, -0.2) is 52.2 Å². The van der Waals surface area contributed by atoms with E-state index in [0.29, 0.717) is 0 Å². The summed E-state index contributed by atoms with van der Waals surface area (Å²) >= 11 is 0. The first kappa shape index (κ1) is 15.4. The van der Waals surface area contributed by atoms with Gasteiger partial charge in [0.25, 0.3) is 0 Å². The van der Waals surface area contributed by atoms with Gasteiger partial charge in [-0.1, -0.05) is 0 Å². The minimum absolute atomic E-state index is 0.0521. The summed E-state index contributed by atoms with van der Waals surface area (Å²) in [5.74, 6) is -5.39. The zero-order valence-corrected chi connectivity index (χ0v) is 10.8. The predicted octanol–water partition coefficient (Wildman–Crippen LogP) is -0.000900. The van der Waals surface area contributed by atoms with Gasteiger partial charge in [0.1, 0.15) is 0 Å². The van der Waals surface area contributed by atoms with Gasteiger partial charge in [-0.25, -0.2) is 9.59 Å². The quantitative estimate of drug-likeness (QED) is 0.673. The number of hydrogen-bond donors (Lipinski definition) is 2. The minimum atomic E-state index is -2.29. The van der Waals surface area contributed by atoms with Gasteiger partial charge in [-0.15, -0.1) is 0 Å². The number of ether oxygens (including phenoxy) is 3. The maximum atomic E-state index is 11.5. The van der Waals surface area contributed by atoms with Gasteiger partial charge >= 0.3 is 17.9 Å². The van der Waals surface area contributed by atoms with Crippen LogP contribution in [0.15, 0.2) is 0 Å². The number of rotatable bonds is 5. The highest BCUT2D eigenvalue weighted by atomic mass is 16.8. The average Bonchev–Trinajstić information content (AvgIpc) is 2.51. The molecular formula is C11H16O8. The molecule has 8 heteroatoms. The van der Waals surface area contributed by atoms with E-state index in [2.05, 4.69) is 4.74 Å². The minimum Gasteiger partial charge on any atom is -0.479 e. The van der Waals surface area contributed by atoms with Crippen molar-refractivity contribution in [1.82, 2.24) is 0 Å². The molecule has 8 nitrogen and oxygen atoms in total. The molecule has 1 fully saturated rings. The van der Waals surface area contributed by atoms with E-state index in [1.54, 1.807) is 6.92 Å². The molecule has 0 aromatic rings. The van der Waals surface area contributed by atoms with Crippen LogP contribution in [0.4, 0.5) is 0 Å². The van der Waals surface area contributed by atoms with Crippen molar-refractivity contribution in [3.8, 4) is 0 Å². The maximum Gasteiger partial charge on any atom is 0.340 e. The number of aliphatic carboxylic acids is 2. The second-order valence-corrected chi connectivity index (χ2v) is 4.51. The molecule has 0 saturated carbocycles. The topological polar surface area (TPSA) is 119 Å². The molecule has 108 valence electrons. The fourth-order valence-electron chi connectivity index (χ4n) is 1.93. The van der Waals surface area contributed by atoms with Gasteiger partial charge in [0.15, 0.2) is 11.9 Å². The molecule has 1 aliphatic rings. The molecule has 0 aromatic carbocycles. The van der Waals surface area contributed by atoms with Crippen molar-refractivity contribution in [2.24, 2.45) is 0 Å². The third-order valence-electron chi connectivity index (χ3n) is 2.55. The zero-order chi connectivity index (χ0) is 14.8. The lowest BCUT2D eigenvalue weighted by molar-refractivity contribution is -0.190. The van der Waals surface area contributed by atoms with E-state index >= 15 is 0 Å². The summed E-state index contributed by atoms with van der Waals surface area (Å²) in [6.45, 7) is 4.35. The summed E-state index contributed by atoms with van der Waals surface area (Å²) in [6, 6.07) is 0. The Kier molecular flexibility index (Phi) is 4.16. The number of esters is 1. The molecular weight excluding hydrogens is 260 g/mol. The van der Waals surface area contributed by atoms with Crippen molar-refractivity contribution in [3.63, 3.8) is 0 Å². The Balaban J connectivity index is 3.12. The van der Waals surface area contributed by atoms with Gasteiger partial charge in [0.05, 0.1) is 13.0 Å². The van der Waals surface area contributed by atoms with E-state index in [4.69, 9.17) is 14.6 Å². The van der Waals surface area contributed by atoms with Gasteiger partial charge in [-0.2, -0.15) is 0 Å². The Labute approximate surface area is 109 Å². The van der Waals surface area contributed by atoms with E-state index < -0.39 is 41.8 Å². The molecule has 1 rings (SSSR count). The number of carboxylic acid groups (broad SMARTS) is 2. The first-order chi connectivity index (χ1) is 8.64. The third-order valence-corrected chi connectivity index (χ3v) is 2.55. The first-order valence-corrected chi connectivity index (χ1v) is 5.64. The van der Waals surface area contributed by atoms with Crippen LogP contribution in [0, 0.1) is 0 Å². The van der Waals surface area contributed by atoms with Crippen molar-refractivity contribution < 1.29 is 38.8 Å². The largest absolute Gasteiger partial charge is 0.479 e. The fraction of sp³-hybridized carbons (Fsp3) is 0.727. The second kappa shape index (κ2) is 5.14. The molecule has 19 heavy (non-hydrogen) atoms. The molecule has 0 bridgehead atoms. The summed E-state index contributed by atoms with van der Waals surface area (Å²) in [4.78, 5) is 34.0. The Morgan fingerprint density at radius 2 is 1.84 bits per heavy atom. The van der Waals surface area contributed by atoms with Crippen molar-refractivity contribution >= 4 is 17.9 Å². The van der Waals surface area contributed by atoms with Crippen LogP contribution in [0.2, 0.25) is 0 Å². The smallest absolute Gasteiger partial charge is 0.340 e. The SMILES string of the molecule is CCOC(=O)C[C@]1(C(=O)O)OC(C)(C)O[C@@H]1C(=O)O. The van der Waals surface area contributed by atoms with Crippen LogP contribution in [0.5, 0.6) is 0 Å². The zero-order valence-electron chi connectivity index (χ0n) is 10.8. The monoisotopic (exact) mass is 276 g/mol. The molecule has 0 aromatic heterocycles. The summed E-state index contributed by atoms with van der Waals surface area (Å²) in [5.41, 5.74) is -2.29. The molecule has 0 unspecified atom stereocenters. The number of carbonyl (C=O) groups excluding carboxylic acids is 1. The number of carboxylic acids is 2. The standard InChI is InChI=1S/C11H16O8/c1-4-17-6(12)5-11(9(15)16)7(8(13)14)18-10(2,3)19-11/h7H,4-5H2,1-3H3,(H,13,14)(H,15,16)/t7-,11+/m1/s1. The van der Waals surface area contributed by atoms with Crippen molar-refractivity contribution in [1.29, 1.82) is 0 Å². The molecule has 0 spiro atoms. The van der Waals surface area contributed by atoms with Crippen LogP contribution < -0.4 is 0 Å². The first-order valence-electron chi connectivity index (χ1n) is 5.64. The highest BCUT2D eigenvalue weighted by Crippen LogP contribution is 2.39. The summed E-state index contributed by atoms with van der Waals surface area (Å²) in [6.07, 6.45) is -2.53. The molecule has 0 aliphatic carbocycles. The lowest BCUT2D eigenvalue weighted by Gasteiger charge is -2.25. The van der Waals surface area contributed by atoms with Crippen LogP contribution in [0.3, 0.4) is 0 Å². The second-order valence-electron chi connectivity index (χ2n) is 4.51. The van der Waals surface area contributed by atoms with Gasteiger partial charge in [-0.3, -0.25) is 4.79 Å². The van der Waals surface area contributed by atoms with Crippen molar-refractivity contribution in [3.05, 3.63) is 0 Å². The highest BCUT2D eigenvalue weighted by Gasteiger charge is 2.63. The van der Waals surface area contributed by atoms with Crippen LogP contribution in [0.25, 0.3) is 0 Å². The Morgan fingerprint density at radius 3 is 2.26 bits per heavy atom. The third kappa shape index (κ3) is 3.02. The molecule has 2 N–H and O–H groups in total. The molecule has 0 amide bonds. The van der Waals surface area contributed by atoms with Crippen molar-refractivity contribution in [2.75, 3.05) is 6.61 Å². The maximum absolute atomic E-state index is 11.5. The molecule has 1 aliphatic heterocycles. The Bertz CT molecular complexity index is 401. The van der Waals surface area contributed by atoms with E-state index in [0.717, 1.165) is 0 Å². The number of carbonyl (C=O) groups is 3. The normalized spacial score (nSPS) is 28.9. The van der Waals surface area contributed by atoms with Gasteiger partial charge in [0, 0.05) is 0 Å². The van der Waals surface area contributed by atoms with Crippen LogP contribution in [0.1, 0.15) is 27.2 Å². The van der Waals surface area contributed by atoms with Crippen molar-refractivity contribution in [2.45, 2.75) is 44.7 Å². The van der Waals surface area contributed by atoms with Crippen LogP contribution in [-0.2, 0) is 28.6 Å². The fourth-order valence-corrected chi connectivity index (χ4v) is 1.93.